The zero-order chi connectivity index (χ0) is 17.5. The molecule has 0 bridgehead atoms. The highest BCUT2D eigenvalue weighted by Gasteiger charge is 2.14. The Hall–Kier alpha value is -2.13. The molecule has 0 aliphatic heterocycles. The molecule has 2 N–H and O–H groups in total. The molecule has 0 fully saturated rings. The number of rotatable bonds is 7. The molecule has 0 aliphatic rings. The van der Waals surface area contributed by atoms with Gasteiger partial charge in [-0.2, -0.15) is 0 Å². The molecule has 0 aliphatic carbocycles. The number of hydrogen-bond acceptors (Lipinski definition) is 1. The summed E-state index contributed by atoms with van der Waals surface area (Å²) < 4.78 is 0. The molecule has 0 heterocycles. The average molecular weight is 325 g/mol. The second-order valence-corrected chi connectivity index (χ2v) is 6.44. The molecule has 128 valence electrons. The SMILES string of the molecule is CCc1cccc(CC)c1NC(=O)C[NH+](C)Cc1ccccc1C. The lowest BCUT2D eigenvalue weighted by Crippen LogP contribution is -3.08. The van der Waals surface area contributed by atoms with Crippen LogP contribution < -0.4 is 10.2 Å². The van der Waals surface area contributed by atoms with Crippen LogP contribution >= 0.6 is 0 Å². The molecule has 1 amide bonds. The van der Waals surface area contributed by atoms with E-state index in [2.05, 4.69) is 75.6 Å². The molecular weight excluding hydrogens is 296 g/mol. The molecule has 2 aromatic carbocycles. The highest BCUT2D eigenvalue weighted by Crippen LogP contribution is 2.22. The Bertz CT molecular complexity index is 672. The number of benzene rings is 2. The molecule has 3 nitrogen and oxygen atoms in total. The van der Waals surface area contributed by atoms with Crippen LogP contribution in [-0.2, 0) is 24.2 Å². The Morgan fingerprint density at radius 1 is 0.958 bits per heavy atom. The van der Waals surface area contributed by atoms with Gasteiger partial charge in [0.1, 0.15) is 6.54 Å². The zero-order valence-electron chi connectivity index (χ0n) is 15.3. The van der Waals surface area contributed by atoms with E-state index in [9.17, 15) is 4.79 Å². The van der Waals surface area contributed by atoms with E-state index in [4.69, 9.17) is 0 Å². The Morgan fingerprint density at radius 3 is 2.12 bits per heavy atom. The Labute approximate surface area is 145 Å². The number of aryl methyl sites for hydroxylation is 3. The smallest absolute Gasteiger partial charge is 0.279 e. The number of quaternary nitrogens is 1. The van der Waals surface area contributed by atoms with Crippen molar-refractivity contribution in [3.8, 4) is 0 Å². The summed E-state index contributed by atoms with van der Waals surface area (Å²) in [6, 6.07) is 14.6. The molecule has 0 aromatic heterocycles. The first-order valence-corrected chi connectivity index (χ1v) is 8.81. The minimum atomic E-state index is 0.0803. The first-order chi connectivity index (χ1) is 11.5. The van der Waals surface area contributed by atoms with Gasteiger partial charge in [-0.05, 0) is 36.5 Å². The van der Waals surface area contributed by atoms with Crippen LogP contribution in [0.3, 0.4) is 0 Å². The molecule has 1 atom stereocenters. The van der Waals surface area contributed by atoms with Crippen LogP contribution in [-0.4, -0.2) is 19.5 Å². The first-order valence-electron chi connectivity index (χ1n) is 8.81. The van der Waals surface area contributed by atoms with Gasteiger partial charge in [0.05, 0.1) is 7.05 Å². The van der Waals surface area contributed by atoms with E-state index in [1.54, 1.807) is 0 Å². The second-order valence-electron chi connectivity index (χ2n) is 6.44. The van der Waals surface area contributed by atoms with Gasteiger partial charge in [-0.15, -0.1) is 0 Å². The normalized spacial score (nSPS) is 12.0. The molecule has 2 aromatic rings. The number of carbonyl (C=O) groups is 1. The summed E-state index contributed by atoms with van der Waals surface area (Å²) in [5.74, 6) is 0.0803. The van der Waals surface area contributed by atoms with E-state index >= 15 is 0 Å². The molecule has 0 spiro atoms. The number of nitrogens with one attached hydrogen (secondary N) is 2. The zero-order valence-corrected chi connectivity index (χ0v) is 15.3. The minimum absolute atomic E-state index is 0.0803. The fourth-order valence-electron chi connectivity index (χ4n) is 3.06. The van der Waals surface area contributed by atoms with Gasteiger partial charge >= 0.3 is 0 Å². The summed E-state index contributed by atoms with van der Waals surface area (Å²) in [6.45, 7) is 7.69. The van der Waals surface area contributed by atoms with Gasteiger partial charge in [0.25, 0.3) is 5.91 Å². The number of amides is 1. The van der Waals surface area contributed by atoms with Crippen molar-refractivity contribution in [3.05, 3.63) is 64.7 Å². The van der Waals surface area contributed by atoms with Crippen molar-refractivity contribution in [1.29, 1.82) is 0 Å². The van der Waals surface area contributed by atoms with Gasteiger partial charge in [0.15, 0.2) is 6.54 Å². The maximum absolute atomic E-state index is 12.5. The summed E-state index contributed by atoms with van der Waals surface area (Å²) in [6.07, 6.45) is 1.85. The Morgan fingerprint density at radius 2 is 1.54 bits per heavy atom. The van der Waals surface area contributed by atoms with Crippen LogP contribution in [0.25, 0.3) is 0 Å². The highest BCUT2D eigenvalue weighted by molar-refractivity contribution is 5.93. The predicted molar refractivity (Wildman–Crippen MR) is 100 cm³/mol. The van der Waals surface area contributed by atoms with Crippen molar-refractivity contribution in [2.24, 2.45) is 0 Å². The molecular formula is C21H29N2O+. The number of anilines is 1. The maximum atomic E-state index is 12.5. The average Bonchev–Trinajstić information content (AvgIpc) is 2.57. The van der Waals surface area contributed by atoms with Crippen LogP contribution in [0.1, 0.15) is 36.1 Å². The van der Waals surface area contributed by atoms with Crippen molar-refractivity contribution in [1.82, 2.24) is 0 Å². The van der Waals surface area contributed by atoms with E-state index < -0.39 is 0 Å². The van der Waals surface area contributed by atoms with Crippen molar-refractivity contribution in [2.45, 2.75) is 40.2 Å². The Kier molecular flexibility index (Phi) is 6.56. The molecule has 1 unspecified atom stereocenters. The minimum Gasteiger partial charge on any atom is -0.326 e. The van der Waals surface area contributed by atoms with E-state index in [1.807, 2.05) is 0 Å². The van der Waals surface area contributed by atoms with Crippen LogP contribution in [0.4, 0.5) is 5.69 Å². The summed E-state index contributed by atoms with van der Waals surface area (Å²) in [4.78, 5) is 13.7. The van der Waals surface area contributed by atoms with Gasteiger partial charge in [0, 0.05) is 11.3 Å². The van der Waals surface area contributed by atoms with Gasteiger partial charge in [-0.3, -0.25) is 4.79 Å². The van der Waals surface area contributed by atoms with Gasteiger partial charge in [-0.25, -0.2) is 0 Å². The molecule has 2 rings (SSSR count). The van der Waals surface area contributed by atoms with E-state index in [-0.39, 0.29) is 5.91 Å². The summed E-state index contributed by atoms with van der Waals surface area (Å²) in [5.41, 5.74) is 6.00. The van der Waals surface area contributed by atoms with Gasteiger partial charge in [0.2, 0.25) is 0 Å². The maximum Gasteiger partial charge on any atom is 0.279 e. The quantitative estimate of drug-likeness (QED) is 0.806. The fourth-order valence-corrected chi connectivity index (χ4v) is 3.06. The fraction of sp³-hybridized carbons (Fsp3) is 0.381. The monoisotopic (exact) mass is 325 g/mol. The molecule has 0 saturated carbocycles. The van der Waals surface area contributed by atoms with E-state index in [0.717, 1.165) is 25.1 Å². The third kappa shape index (κ3) is 4.68. The molecule has 0 radical (unpaired) electrons. The standard InChI is InChI=1S/C21H28N2O/c1-5-17-12-9-13-18(6-2)21(17)22-20(24)15-23(4)14-19-11-8-7-10-16(19)3/h7-13H,5-6,14-15H2,1-4H3,(H,22,24)/p+1. The van der Waals surface area contributed by atoms with Crippen LogP contribution in [0.2, 0.25) is 0 Å². The molecule has 24 heavy (non-hydrogen) atoms. The highest BCUT2D eigenvalue weighted by atomic mass is 16.2. The number of carbonyl (C=O) groups excluding carboxylic acids is 1. The Balaban J connectivity index is 2.02. The van der Waals surface area contributed by atoms with Crippen molar-refractivity contribution >= 4 is 11.6 Å². The third-order valence-electron chi connectivity index (χ3n) is 4.48. The van der Waals surface area contributed by atoms with E-state index in [0.29, 0.717) is 6.54 Å². The number of para-hydroxylation sites is 1. The lowest BCUT2D eigenvalue weighted by molar-refractivity contribution is -0.885. The van der Waals surface area contributed by atoms with E-state index in [1.165, 1.54) is 27.2 Å². The number of likely N-dealkylation sites (N-methyl/N-ethyl adjacent to an activating group) is 1. The largest absolute Gasteiger partial charge is 0.326 e. The lowest BCUT2D eigenvalue weighted by atomic mass is 10.0. The third-order valence-corrected chi connectivity index (χ3v) is 4.48. The topological polar surface area (TPSA) is 33.5 Å². The van der Waals surface area contributed by atoms with Gasteiger partial charge < -0.3 is 10.2 Å². The van der Waals surface area contributed by atoms with Crippen LogP contribution in [0, 0.1) is 6.92 Å². The predicted octanol–water partition coefficient (Wildman–Crippen LogP) is 2.77. The summed E-state index contributed by atoms with van der Waals surface area (Å²) >= 11 is 0. The molecule has 3 heteroatoms. The lowest BCUT2D eigenvalue weighted by Gasteiger charge is -2.17. The van der Waals surface area contributed by atoms with Gasteiger partial charge in [-0.1, -0.05) is 56.3 Å². The first kappa shape index (κ1) is 18.2. The van der Waals surface area contributed by atoms with Crippen molar-refractivity contribution in [2.75, 3.05) is 18.9 Å². The number of hydrogen-bond donors (Lipinski definition) is 2. The summed E-state index contributed by atoms with van der Waals surface area (Å²) in [5, 5.41) is 3.15. The summed E-state index contributed by atoms with van der Waals surface area (Å²) in [7, 11) is 2.07. The van der Waals surface area contributed by atoms with Crippen LogP contribution in [0.15, 0.2) is 42.5 Å². The second kappa shape index (κ2) is 8.65. The van der Waals surface area contributed by atoms with Crippen LogP contribution in [0.5, 0.6) is 0 Å². The van der Waals surface area contributed by atoms with Crippen molar-refractivity contribution < 1.29 is 9.69 Å². The molecule has 0 saturated heterocycles. The van der Waals surface area contributed by atoms with Crippen molar-refractivity contribution in [3.63, 3.8) is 0 Å².